The van der Waals surface area contributed by atoms with Crippen molar-refractivity contribution in [1.29, 1.82) is 0 Å². The number of esters is 1. The van der Waals surface area contributed by atoms with Gasteiger partial charge in [-0.2, -0.15) is 0 Å². The van der Waals surface area contributed by atoms with Gasteiger partial charge in [-0.05, 0) is 30.5 Å². The van der Waals surface area contributed by atoms with Crippen molar-refractivity contribution in [2.45, 2.75) is 24.7 Å². The number of hydrogen-bond donors (Lipinski definition) is 2. The molecule has 19 heavy (non-hydrogen) atoms. The van der Waals surface area contributed by atoms with Gasteiger partial charge in [0, 0.05) is 5.41 Å². The Morgan fingerprint density at radius 2 is 2.05 bits per heavy atom. The second kappa shape index (κ2) is 4.53. The van der Waals surface area contributed by atoms with Crippen molar-refractivity contribution in [3.8, 4) is 5.75 Å². The van der Waals surface area contributed by atoms with Crippen molar-refractivity contribution >= 4 is 11.9 Å². The Morgan fingerprint density at radius 1 is 1.42 bits per heavy atom. The first-order chi connectivity index (χ1) is 8.89. The van der Waals surface area contributed by atoms with Gasteiger partial charge in [0.2, 0.25) is 0 Å². The topological polar surface area (TPSA) is 83.8 Å². The maximum absolute atomic E-state index is 13.6. The van der Waals surface area contributed by atoms with Crippen molar-refractivity contribution in [3.05, 3.63) is 29.1 Å². The molecule has 0 unspecified atom stereocenters. The molecule has 6 heteroatoms. The molecule has 5 nitrogen and oxygen atoms in total. The Morgan fingerprint density at radius 3 is 2.53 bits per heavy atom. The van der Waals surface area contributed by atoms with E-state index in [9.17, 15) is 19.1 Å². The molecule has 102 valence electrons. The van der Waals surface area contributed by atoms with E-state index < -0.39 is 28.9 Å². The molecule has 0 saturated heterocycles. The van der Waals surface area contributed by atoms with Gasteiger partial charge in [-0.3, -0.25) is 4.79 Å². The maximum Gasteiger partial charge on any atom is 0.341 e. The number of methoxy groups -OCH3 is 1. The summed E-state index contributed by atoms with van der Waals surface area (Å²) >= 11 is 0. The minimum atomic E-state index is -0.981. The van der Waals surface area contributed by atoms with Gasteiger partial charge in [0.25, 0.3) is 0 Å². The third kappa shape index (κ3) is 2.38. The highest BCUT2D eigenvalue weighted by Gasteiger charge is 2.46. The second-order valence-electron chi connectivity index (χ2n) is 4.70. The van der Waals surface area contributed by atoms with Crippen molar-refractivity contribution < 1.29 is 28.9 Å². The van der Waals surface area contributed by atoms with Crippen molar-refractivity contribution in [3.63, 3.8) is 0 Å². The molecule has 1 fully saturated rings. The fraction of sp³-hybridized carbons (Fsp3) is 0.385. The van der Waals surface area contributed by atoms with Crippen LogP contribution in [-0.4, -0.2) is 29.3 Å². The number of halogens is 1. The average molecular weight is 268 g/mol. The van der Waals surface area contributed by atoms with E-state index in [1.54, 1.807) is 0 Å². The lowest BCUT2D eigenvalue weighted by molar-refractivity contribution is -0.137. The Kier molecular flexibility index (Phi) is 3.18. The molecule has 0 spiro atoms. The van der Waals surface area contributed by atoms with Crippen molar-refractivity contribution in [2.75, 3.05) is 7.11 Å². The number of carboxylic acids is 1. The summed E-state index contributed by atoms with van der Waals surface area (Å²) in [5.74, 6) is -3.56. The monoisotopic (exact) mass is 268 g/mol. The molecule has 0 atom stereocenters. The second-order valence-corrected chi connectivity index (χ2v) is 4.70. The third-order valence-electron chi connectivity index (χ3n) is 3.42. The van der Waals surface area contributed by atoms with Crippen LogP contribution in [0.1, 0.15) is 35.2 Å². The van der Waals surface area contributed by atoms with Crippen LogP contribution in [0.25, 0.3) is 0 Å². The number of rotatable bonds is 4. The van der Waals surface area contributed by atoms with Gasteiger partial charge in [0.15, 0.2) is 11.6 Å². The van der Waals surface area contributed by atoms with Crippen LogP contribution in [0.15, 0.2) is 12.1 Å². The number of aromatic hydroxyl groups is 1. The molecule has 2 N–H and O–H groups in total. The Bertz CT molecular complexity index is 548. The average Bonchev–Trinajstić information content (AvgIpc) is 3.11. The fourth-order valence-corrected chi connectivity index (χ4v) is 2.18. The van der Waals surface area contributed by atoms with E-state index in [1.807, 2.05) is 0 Å². The van der Waals surface area contributed by atoms with E-state index in [1.165, 1.54) is 6.07 Å². The summed E-state index contributed by atoms with van der Waals surface area (Å²) in [7, 11) is 1.12. The van der Waals surface area contributed by atoms with Gasteiger partial charge in [0.05, 0.1) is 13.5 Å². The molecular weight excluding hydrogens is 255 g/mol. The van der Waals surface area contributed by atoms with Crippen LogP contribution in [0, 0.1) is 5.82 Å². The van der Waals surface area contributed by atoms with Gasteiger partial charge >= 0.3 is 11.9 Å². The van der Waals surface area contributed by atoms with Crippen LogP contribution in [0.2, 0.25) is 0 Å². The molecule has 1 saturated carbocycles. The number of carbonyl (C=O) groups excluding carboxylic acids is 1. The lowest BCUT2D eigenvalue weighted by atomic mass is 9.90. The molecule has 1 aliphatic carbocycles. The minimum absolute atomic E-state index is 0.127. The van der Waals surface area contributed by atoms with Gasteiger partial charge in [-0.15, -0.1) is 0 Å². The number of aliphatic carboxylic acids is 1. The summed E-state index contributed by atoms with van der Waals surface area (Å²) in [6.45, 7) is 0. The number of phenolic OH excluding ortho intramolecular Hbond substituents is 1. The number of ether oxygens (including phenoxy) is 1. The lowest BCUT2D eigenvalue weighted by Crippen LogP contribution is -2.15. The number of carbonyl (C=O) groups is 2. The summed E-state index contributed by atoms with van der Waals surface area (Å²) in [6, 6.07) is 2.39. The van der Waals surface area contributed by atoms with E-state index in [4.69, 9.17) is 5.11 Å². The van der Waals surface area contributed by atoms with Crippen LogP contribution in [-0.2, 0) is 14.9 Å². The van der Waals surface area contributed by atoms with E-state index in [2.05, 4.69) is 4.74 Å². The summed E-state index contributed by atoms with van der Waals surface area (Å²) in [4.78, 5) is 22.3. The molecule has 0 heterocycles. The van der Waals surface area contributed by atoms with Gasteiger partial charge in [-0.1, -0.05) is 0 Å². The van der Waals surface area contributed by atoms with Crippen LogP contribution < -0.4 is 0 Å². The van der Waals surface area contributed by atoms with E-state index in [0.29, 0.717) is 18.4 Å². The molecule has 2 rings (SSSR count). The molecule has 0 bridgehead atoms. The van der Waals surface area contributed by atoms with Crippen molar-refractivity contribution in [1.82, 2.24) is 0 Å². The smallest absolute Gasteiger partial charge is 0.341 e. The lowest BCUT2D eigenvalue weighted by Gasteiger charge is -2.15. The zero-order valence-corrected chi connectivity index (χ0v) is 10.3. The van der Waals surface area contributed by atoms with Crippen LogP contribution in [0.3, 0.4) is 0 Å². The zero-order valence-electron chi connectivity index (χ0n) is 10.3. The Balaban J connectivity index is 2.46. The highest BCUT2D eigenvalue weighted by Crippen LogP contribution is 2.52. The maximum atomic E-state index is 13.6. The molecule has 0 aromatic heterocycles. The summed E-state index contributed by atoms with van der Waals surface area (Å²) in [5, 5.41) is 18.4. The molecule has 1 aromatic rings. The van der Waals surface area contributed by atoms with Gasteiger partial charge in [0.1, 0.15) is 5.56 Å². The number of phenols is 1. The number of carboxylic acid groups (broad SMARTS) is 1. The molecule has 0 aliphatic heterocycles. The van der Waals surface area contributed by atoms with E-state index >= 15 is 0 Å². The quantitative estimate of drug-likeness (QED) is 0.814. The summed E-state index contributed by atoms with van der Waals surface area (Å²) in [5.41, 5.74) is -0.511. The number of benzene rings is 1. The Labute approximate surface area is 108 Å². The predicted octanol–water partition coefficient (Wildman–Crippen LogP) is 1.82. The van der Waals surface area contributed by atoms with Crippen LogP contribution >= 0.6 is 0 Å². The zero-order chi connectivity index (χ0) is 14.2. The Hall–Kier alpha value is -2.11. The molecule has 1 aromatic carbocycles. The molecular formula is C13H13FO5. The first kappa shape index (κ1) is 13.3. The largest absolute Gasteiger partial charge is 0.504 e. The predicted molar refractivity (Wildman–Crippen MR) is 62.6 cm³/mol. The fourth-order valence-electron chi connectivity index (χ4n) is 2.18. The minimum Gasteiger partial charge on any atom is -0.504 e. The van der Waals surface area contributed by atoms with Gasteiger partial charge < -0.3 is 14.9 Å². The molecule has 1 aliphatic rings. The number of hydrogen-bond acceptors (Lipinski definition) is 4. The van der Waals surface area contributed by atoms with Crippen LogP contribution in [0.5, 0.6) is 5.75 Å². The SMILES string of the molecule is COC(=O)c1cc(C2(CC(=O)O)CC2)cc(F)c1O. The first-order valence-electron chi connectivity index (χ1n) is 5.73. The van der Waals surface area contributed by atoms with E-state index in [-0.39, 0.29) is 12.0 Å². The highest BCUT2D eigenvalue weighted by atomic mass is 19.1. The first-order valence-corrected chi connectivity index (χ1v) is 5.73. The highest BCUT2D eigenvalue weighted by molar-refractivity contribution is 5.92. The van der Waals surface area contributed by atoms with Gasteiger partial charge in [-0.25, -0.2) is 9.18 Å². The summed E-state index contributed by atoms with van der Waals surface area (Å²) in [6.07, 6.45) is 1.10. The normalized spacial score (nSPS) is 15.9. The third-order valence-corrected chi connectivity index (χ3v) is 3.42. The molecule has 0 radical (unpaired) electrons. The van der Waals surface area contributed by atoms with E-state index in [0.717, 1.165) is 13.2 Å². The molecule has 0 amide bonds. The standard InChI is InChI=1S/C13H13FO5/c1-19-12(18)8-4-7(5-9(14)11(8)17)13(2-3-13)6-10(15)16/h4-5,17H,2-3,6H2,1H3,(H,15,16). The van der Waals surface area contributed by atoms with Crippen molar-refractivity contribution in [2.24, 2.45) is 0 Å². The summed E-state index contributed by atoms with van der Waals surface area (Å²) < 4.78 is 18.1. The van der Waals surface area contributed by atoms with Crippen LogP contribution in [0.4, 0.5) is 4.39 Å².